The summed E-state index contributed by atoms with van der Waals surface area (Å²) >= 11 is 0. The van der Waals surface area contributed by atoms with Crippen molar-refractivity contribution in [1.82, 2.24) is 9.88 Å². The summed E-state index contributed by atoms with van der Waals surface area (Å²) in [6.07, 6.45) is 7.83. The normalized spacial score (nSPS) is 19.1. The van der Waals surface area contributed by atoms with E-state index in [1.165, 1.54) is 0 Å². The molecule has 0 spiro atoms. The van der Waals surface area contributed by atoms with E-state index in [1.807, 2.05) is 12.3 Å². The fourth-order valence-electron chi connectivity index (χ4n) is 1.93. The van der Waals surface area contributed by atoms with Gasteiger partial charge in [-0.3, -0.25) is 9.59 Å². The molecule has 2 saturated carbocycles. The molecule has 2 aliphatic rings. The average molecular weight is 232 g/mol. The van der Waals surface area contributed by atoms with Crippen molar-refractivity contribution in [2.24, 2.45) is 5.92 Å². The van der Waals surface area contributed by atoms with Gasteiger partial charge < -0.3 is 9.88 Å². The van der Waals surface area contributed by atoms with E-state index in [4.69, 9.17) is 0 Å². The molecule has 0 saturated heterocycles. The SMILES string of the molecule is O=C(Cn1ccc(C(=O)C2CC2)c1)NC1CC1. The first-order valence-electron chi connectivity index (χ1n) is 6.22. The Kier molecular flexibility index (Phi) is 2.50. The highest BCUT2D eigenvalue weighted by Crippen LogP contribution is 2.32. The van der Waals surface area contributed by atoms with Crippen molar-refractivity contribution in [1.29, 1.82) is 0 Å². The van der Waals surface area contributed by atoms with Crippen LogP contribution < -0.4 is 5.32 Å². The van der Waals surface area contributed by atoms with Gasteiger partial charge >= 0.3 is 0 Å². The number of amides is 1. The van der Waals surface area contributed by atoms with Gasteiger partial charge in [0.05, 0.1) is 0 Å². The number of hydrogen-bond acceptors (Lipinski definition) is 2. The molecule has 1 aromatic heterocycles. The smallest absolute Gasteiger partial charge is 0.240 e. The maximum atomic E-state index is 11.8. The number of nitrogens with one attached hydrogen (secondary N) is 1. The van der Waals surface area contributed by atoms with E-state index < -0.39 is 0 Å². The summed E-state index contributed by atoms with van der Waals surface area (Å²) in [5.41, 5.74) is 0.742. The number of hydrogen-bond donors (Lipinski definition) is 1. The van der Waals surface area contributed by atoms with Gasteiger partial charge in [0.2, 0.25) is 5.91 Å². The van der Waals surface area contributed by atoms with Crippen LogP contribution in [0.5, 0.6) is 0 Å². The van der Waals surface area contributed by atoms with Crippen LogP contribution in [0.2, 0.25) is 0 Å². The number of ketones is 1. The minimum atomic E-state index is 0.0357. The topological polar surface area (TPSA) is 51.1 Å². The second-order valence-electron chi connectivity index (χ2n) is 5.05. The highest BCUT2D eigenvalue weighted by molar-refractivity contribution is 5.99. The fourth-order valence-corrected chi connectivity index (χ4v) is 1.93. The Balaban J connectivity index is 1.59. The van der Waals surface area contributed by atoms with Gasteiger partial charge in [0.15, 0.2) is 5.78 Å². The molecule has 0 atom stereocenters. The molecular weight excluding hydrogens is 216 g/mol. The summed E-state index contributed by atoms with van der Waals surface area (Å²) < 4.78 is 1.79. The van der Waals surface area contributed by atoms with Gasteiger partial charge in [-0.25, -0.2) is 0 Å². The first kappa shape index (κ1) is 10.6. The summed E-state index contributed by atoms with van der Waals surface area (Å²) in [6.45, 7) is 0.314. The Labute approximate surface area is 100.0 Å². The van der Waals surface area contributed by atoms with Crippen molar-refractivity contribution in [3.05, 3.63) is 24.0 Å². The number of aromatic nitrogens is 1. The Morgan fingerprint density at radius 1 is 1.29 bits per heavy atom. The number of carbonyl (C=O) groups is 2. The Morgan fingerprint density at radius 2 is 2.06 bits per heavy atom. The van der Waals surface area contributed by atoms with Crippen molar-refractivity contribution in [3.8, 4) is 0 Å². The Hall–Kier alpha value is -1.58. The number of nitrogens with zero attached hydrogens (tertiary/aromatic N) is 1. The van der Waals surface area contributed by atoms with Gasteiger partial charge in [-0.05, 0) is 31.7 Å². The van der Waals surface area contributed by atoms with E-state index in [0.717, 1.165) is 31.2 Å². The van der Waals surface area contributed by atoms with Gasteiger partial charge in [-0.15, -0.1) is 0 Å². The number of Topliss-reactive ketones (excluding diaryl/α,β-unsaturated/α-hetero) is 1. The van der Waals surface area contributed by atoms with Crippen LogP contribution >= 0.6 is 0 Å². The van der Waals surface area contributed by atoms with E-state index in [2.05, 4.69) is 5.32 Å². The standard InChI is InChI=1S/C13H16N2O2/c16-12(14-11-3-4-11)8-15-6-5-10(7-15)13(17)9-1-2-9/h5-7,9,11H,1-4,8H2,(H,14,16). The highest BCUT2D eigenvalue weighted by atomic mass is 16.2. The van der Waals surface area contributed by atoms with E-state index in [0.29, 0.717) is 12.6 Å². The van der Waals surface area contributed by atoms with Gasteiger partial charge in [-0.1, -0.05) is 0 Å². The molecule has 2 fully saturated rings. The minimum absolute atomic E-state index is 0.0357. The molecule has 2 aliphatic carbocycles. The lowest BCUT2D eigenvalue weighted by molar-refractivity contribution is -0.121. The molecule has 4 nitrogen and oxygen atoms in total. The van der Waals surface area contributed by atoms with Crippen molar-refractivity contribution in [2.75, 3.05) is 0 Å². The Morgan fingerprint density at radius 3 is 2.71 bits per heavy atom. The molecule has 90 valence electrons. The van der Waals surface area contributed by atoms with Crippen molar-refractivity contribution >= 4 is 11.7 Å². The van der Waals surface area contributed by atoms with E-state index in [-0.39, 0.29) is 17.6 Å². The quantitative estimate of drug-likeness (QED) is 0.779. The van der Waals surface area contributed by atoms with Crippen LogP contribution in [-0.2, 0) is 11.3 Å². The molecule has 0 bridgehead atoms. The molecule has 0 aromatic carbocycles. The van der Waals surface area contributed by atoms with E-state index in [1.54, 1.807) is 10.8 Å². The van der Waals surface area contributed by atoms with Gasteiger partial charge in [0.1, 0.15) is 6.54 Å². The van der Waals surface area contributed by atoms with Gasteiger partial charge in [0.25, 0.3) is 0 Å². The van der Waals surface area contributed by atoms with Crippen molar-refractivity contribution in [3.63, 3.8) is 0 Å². The summed E-state index contributed by atoms with van der Waals surface area (Å²) in [5, 5.41) is 2.93. The number of carbonyl (C=O) groups excluding carboxylic acids is 2. The molecule has 0 radical (unpaired) electrons. The monoisotopic (exact) mass is 232 g/mol. The molecule has 1 N–H and O–H groups in total. The molecule has 1 amide bonds. The van der Waals surface area contributed by atoms with E-state index in [9.17, 15) is 9.59 Å². The molecule has 1 heterocycles. The molecule has 0 aliphatic heterocycles. The maximum absolute atomic E-state index is 11.8. The van der Waals surface area contributed by atoms with Crippen LogP contribution in [0.4, 0.5) is 0 Å². The summed E-state index contributed by atoms with van der Waals surface area (Å²) in [7, 11) is 0. The second kappa shape index (κ2) is 4.02. The third-order valence-corrected chi connectivity index (χ3v) is 3.25. The van der Waals surface area contributed by atoms with Crippen LogP contribution in [0.1, 0.15) is 36.0 Å². The summed E-state index contributed by atoms with van der Waals surface area (Å²) in [6, 6.07) is 2.20. The number of rotatable bonds is 5. The third-order valence-electron chi connectivity index (χ3n) is 3.25. The van der Waals surface area contributed by atoms with Crippen molar-refractivity contribution in [2.45, 2.75) is 38.3 Å². The largest absolute Gasteiger partial charge is 0.352 e. The van der Waals surface area contributed by atoms with Crippen LogP contribution in [0.3, 0.4) is 0 Å². The van der Waals surface area contributed by atoms with Crippen LogP contribution in [0, 0.1) is 5.92 Å². The van der Waals surface area contributed by atoms with Crippen LogP contribution in [-0.4, -0.2) is 22.3 Å². The lowest BCUT2D eigenvalue weighted by atomic mass is 10.1. The molecule has 1 aromatic rings. The molecule has 17 heavy (non-hydrogen) atoms. The zero-order valence-corrected chi connectivity index (χ0v) is 9.69. The third kappa shape index (κ3) is 2.57. The first-order chi connectivity index (χ1) is 8.22. The molecule has 3 rings (SSSR count). The predicted molar refractivity (Wildman–Crippen MR) is 62.7 cm³/mol. The highest BCUT2D eigenvalue weighted by Gasteiger charge is 2.30. The predicted octanol–water partition coefficient (Wildman–Crippen LogP) is 1.36. The fraction of sp³-hybridized carbons (Fsp3) is 0.538. The van der Waals surface area contributed by atoms with Crippen LogP contribution in [0.15, 0.2) is 18.5 Å². The summed E-state index contributed by atoms with van der Waals surface area (Å²) in [5.74, 6) is 0.506. The minimum Gasteiger partial charge on any atom is -0.352 e. The molecule has 0 unspecified atom stereocenters. The molecular formula is C13H16N2O2. The lowest BCUT2D eigenvalue weighted by Gasteiger charge is -2.03. The van der Waals surface area contributed by atoms with Gasteiger partial charge in [0, 0.05) is 29.9 Å². The lowest BCUT2D eigenvalue weighted by Crippen LogP contribution is -2.28. The summed E-state index contributed by atoms with van der Waals surface area (Å²) in [4.78, 5) is 23.4. The van der Waals surface area contributed by atoms with Crippen LogP contribution in [0.25, 0.3) is 0 Å². The molecule has 4 heteroatoms. The average Bonchev–Trinajstić information content (AvgIpc) is 3.18. The zero-order valence-electron chi connectivity index (χ0n) is 9.69. The second-order valence-corrected chi connectivity index (χ2v) is 5.05. The van der Waals surface area contributed by atoms with Crippen molar-refractivity contribution < 1.29 is 9.59 Å². The Bertz CT molecular complexity index is 456. The van der Waals surface area contributed by atoms with Gasteiger partial charge in [-0.2, -0.15) is 0 Å². The van der Waals surface area contributed by atoms with E-state index >= 15 is 0 Å². The first-order valence-corrected chi connectivity index (χ1v) is 6.22. The maximum Gasteiger partial charge on any atom is 0.240 e. The zero-order chi connectivity index (χ0) is 11.8.